The highest BCUT2D eigenvalue weighted by molar-refractivity contribution is 5.98. The van der Waals surface area contributed by atoms with Crippen LogP contribution < -0.4 is 0 Å². The summed E-state index contributed by atoms with van der Waals surface area (Å²) in [5.74, 6) is -3.89. The van der Waals surface area contributed by atoms with E-state index in [1.165, 1.54) is 18.2 Å². The number of rotatable bonds is 0. The minimum absolute atomic E-state index is 0. The fraction of sp³-hybridized carbons (Fsp3) is 0.0769. The lowest BCUT2D eigenvalue weighted by Gasteiger charge is -2.19. The van der Waals surface area contributed by atoms with Crippen molar-refractivity contribution in [2.24, 2.45) is 0 Å². The lowest BCUT2D eigenvalue weighted by atomic mass is 9.90. The molecule has 2 aromatic rings. The maximum Gasteiger partial charge on any atom is 0.180 e. The first-order chi connectivity index (χ1) is 8.11. The summed E-state index contributed by atoms with van der Waals surface area (Å²) in [5, 5.41) is 0.600. The van der Waals surface area contributed by atoms with E-state index in [9.17, 15) is 17.6 Å². The molecule has 0 radical (unpaired) electrons. The third-order valence-corrected chi connectivity index (χ3v) is 2.95. The van der Waals surface area contributed by atoms with E-state index in [0.717, 1.165) is 6.07 Å². The second kappa shape index (κ2) is 4.08. The zero-order valence-corrected chi connectivity index (χ0v) is 8.88. The van der Waals surface area contributed by atoms with Crippen molar-refractivity contribution >= 4 is 16.6 Å². The molecule has 1 unspecified atom stereocenters. The van der Waals surface area contributed by atoms with Crippen LogP contribution in [-0.2, 0) is 0 Å². The molecule has 0 heterocycles. The molecule has 94 valence electrons. The number of hydrogen-bond donors (Lipinski definition) is 0. The Morgan fingerprint density at radius 2 is 1.67 bits per heavy atom. The van der Waals surface area contributed by atoms with Gasteiger partial charge >= 0.3 is 0 Å². The van der Waals surface area contributed by atoms with Crippen molar-refractivity contribution in [1.29, 1.82) is 0 Å². The predicted octanol–water partition coefficient (Wildman–Crippen LogP) is 4.76. The lowest BCUT2D eigenvalue weighted by Crippen LogP contribution is -2.05. The summed E-state index contributed by atoms with van der Waals surface area (Å²) >= 11 is 0. The molecule has 0 fully saturated rings. The molecule has 1 atom stereocenters. The van der Waals surface area contributed by atoms with Gasteiger partial charge in [0.2, 0.25) is 0 Å². The fourth-order valence-corrected chi connectivity index (χ4v) is 2.18. The van der Waals surface area contributed by atoms with Gasteiger partial charge < -0.3 is 0 Å². The molecule has 0 saturated carbocycles. The van der Waals surface area contributed by atoms with E-state index in [0.29, 0.717) is 5.39 Å². The predicted molar refractivity (Wildman–Crippen MR) is 59.4 cm³/mol. The molecular weight excluding hydrogens is 251 g/mol. The minimum atomic E-state index is -2.16. The highest BCUT2D eigenvalue weighted by Gasteiger charge is 2.32. The Kier molecular flexibility index (Phi) is 2.84. The SMILES string of the molecule is F.FC1=C(F)C(F)c2cccc3ccc(F)c1c23. The van der Waals surface area contributed by atoms with Crippen LogP contribution in [0, 0.1) is 5.82 Å². The Hall–Kier alpha value is -1.91. The maximum atomic E-state index is 13.6. The van der Waals surface area contributed by atoms with Gasteiger partial charge in [0.1, 0.15) is 5.82 Å². The molecule has 0 amide bonds. The van der Waals surface area contributed by atoms with Crippen LogP contribution in [0.3, 0.4) is 0 Å². The smallest absolute Gasteiger partial charge is 0.180 e. The Morgan fingerprint density at radius 3 is 2.39 bits per heavy atom. The van der Waals surface area contributed by atoms with Crippen molar-refractivity contribution in [2.45, 2.75) is 6.17 Å². The summed E-state index contributed by atoms with van der Waals surface area (Å²) < 4.78 is 54.0. The molecule has 5 heteroatoms. The van der Waals surface area contributed by atoms with Crippen LogP contribution in [0.4, 0.5) is 22.3 Å². The average molecular weight is 258 g/mol. The molecule has 0 aromatic heterocycles. The summed E-state index contributed by atoms with van der Waals surface area (Å²) in [6.07, 6.45) is -2.16. The van der Waals surface area contributed by atoms with Crippen molar-refractivity contribution in [2.75, 3.05) is 0 Å². The first-order valence-corrected chi connectivity index (χ1v) is 5.02. The van der Waals surface area contributed by atoms with E-state index in [-0.39, 0.29) is 15.7 Å². The van der Waals surface area contributed by atoms with E-state index >= 15 is 0 Å². The van der Waals surface area contributed by atoms with Gasteiger partial charge in [-0.2, -0.15) is 0 Å². The molecule has 0 spiro atoms. The molecule has 0 nitrogen and oxygen atoms in total. The summed E-state index contributed by atoms with van der Waals surface area (Å²) in [4.78, 5) is 0. The van der Waals surface area contributed by atoms with Crippen LogP contribution >= 0.6 is 0 Å². The van der Waals surface area contributed by atoms with E-state index in [4.69, 9.17) is 0 Å². The van der Waals surface area contributed by atoms with E-state index in [1.807, 2.05) is 0 Å². The molecule has 2 aromatic carbocycles. The van der Waals surface area contributed by atoms with Gasteiger partial charge in [-0.3, -0.25) is 4.70 Å². The molecular formula is C13H7F5. The van der Waals surface area contributed by atoms with E-state index in [2.05, 4.69) is 0 Å². The topological polar surface area (TPSA) is 0 Å². The van der Waals surface area contributed by atoms with Crippen LogP contribution in [0.1, 0.15) is 17.3 Å². The zero-order valence-electron chi connectivity index (χ0n) is 8.88. The largest absolute Gasteiger partial charge is 0.269 e. The van der Waals surface area contributed by atoms with Crippen molar-refractivity contribution in [3.05, 3.63) is 53.1 Å². The van der Waals surface area contributed by atoms with Crippen LogP contribution in [-0.4, -0.2) is 0 Å². The van der Waals surface area contributed by atoms with Crippen LogP contribution in [0.2, 0.25) is 0 Å². The third kappa shape index (κ3) is 1.43. The van der Waals surface area contributed by atoms with Gasteiger partial charge in [0.25, 0.3) is 0 Å². The van der Waals surface area contributed by atoms with Gasteiger partial charge in [-0.1, -0.05) is 24.3 Å². The fourth-order valence-electron chi connectivity index (χ4n) is 2.18. The van der Waals surface area contributed by atoms with Gasteiger partial charge in [-0.25, -0.2) is 17.6 Å². The monoisotopic (exact) mass is 258 g/mol. The molecule has 18 heavy (non-hydrogen) atoms. The standard InChI is InChI=1S/C13H6F4.FH/c14-8-5-4-6-2-1-3-7-9(6)10(8)12(16)13(17)11(7)15;/h1-5,11H;1H. The van der Waals surface area contributed by atoms with Gasteiger partial charge in [0.15, 0.2) is 17.8 Å². The van der Waals surface area contributed by atoms with Crippen molar-refractivity contribution in [3.8, 4) is 0 Å². The minimum Gasteiger partial charge on any atom is -0.269 e. The highest BCUT2D eigenvalue weighted by atomic mass is 19.2. The second-order valence-electron chi connectivity index (χ2n) is 3.89. The van der Waals surface area contributed by atoms with Gasteiger partial charge in [0.05, 0.1) is 5.56 Å². The summed E-state index contributed by atoms with van der Waals surface area (Å²) in [5.41, 5.74) is -0.514. The van der Waals surface area contributed by atoms with Crippen molar-refractivity contribution in [1.82, 2.24) is 0 Å². The Morgan fingerprint density at radius 1 is 0.944 bits per heavy atom. The quantitative estimate of drug-likeness (QED) is 0.597. The Balaban J connectivity index is 0.00000120. The average Bonchev–Trinajstić information content (AvgIpc) is 2.34. The molecule has 0 saturated heterocycles. The Bertz CT molecular complexity index is 660. The van der Waals surface area contributed by atoms with Gasteiger partial charge in [-0.05, 0) is 11.5 Å². The number of alkyl halides is 1. The molecule has 1 aliphatic carbocycles. The summed E-state index contributed by atoms with van der Waals surface area (Å²) in [6.45, 7) is 0. The molecule has 0 bridgehead atoms. The molecule has 1 aliphatic rings. The lowest BCUT2D eigenvalue weighted by molar-refractivity contribution is 0.330. The van der Waals surface area contributed by atoms with E-state index in [1.54, 1.807) is 6.07 Å². The molecule has 0 N–H and O–H groups in total. The highest BCUT2D eigenvalue weighted by Crippen LogP contribution is 2.45. The molecule has 0 aliphatic heterocycles. The molecule has 3 rings (SSSR count). The first kappa shape index (κ1) is 12.5. The first-order valence-electron chi connectivity index (χ1n) is 5.02. The van der Waals surface area contributed by atoms with Crippen molar-refractivity contribution in [3.63, 3.8) is 0 Å². The Labute approximate surface area is 98.9 Å². The number of hydrogen-bond acceptors (Lipinski definition) is 0. The van der Waals surface area contributed by atoms with Crippen LogP contribution in [0.5, 0.6) is 0 Å². The zero-order chi connectivity index (χ0) is 12.2. The third-order valence-electron chi connectivity index (χ3n) is 2.95. The van der Waals surface area contributed by atoms with Crippen LogP contribution in [0.25, 0.3) is 16.6 Å². The van der Waals surface area contributed by atoms with E-state index < -0.39 is 29.2 Å². The van der Waals surface area contributed by atoms with Gasteiger partial charge in [-0.15, -0.1) is 0 Å². The summed E-state index contributed by atoms with van der Waals surface area (Å²) in [6, 6.07) is 6.93. The van der Waals surface area contributed by atoms with Gasteiger partial charge in [0, 0.05) is 10.9 Å². The normalized spacial score (nSPS) is 17.9. The number of allylic oxidation sites excluding steroid dienone is 1. The number of benzene rings is 2. The second-order valence-corrected chi connectivity index (χ2v) is 3.89. The summed E-state index contributed by atoms with van der Waals surface area (Å²) in [7, 11) is 0. The van der Waals surface area contributed by atoms with Crippen molar-refractivity contribution < 1.29 is 22.3 Å². The maximum absolute atomic E-state index is 13.6. The van der Waals surface area contributed by atoms with Crippen LogP contribution in [0.15, 0.2) is 36.2 Å². The number of halogens is 5.